The number of hydrogen-bond acceptors (Lipinski definition) is 6. The van der Waals surface area contributed by atoms with Crippen LogP contribution in [0.4, 0.5) is 32.2 Å². The van der Waals surface area contributed by atoms with Crippen molar-refractivity contribution in [2.24, 2.45) is 0 Å². The molecule has 7 nitrogen and oxygen atoms in total. The largest absolute Gasteiger partial charge is 0.490 e. The van der Waals surface area contributed by atoms with Crippen molar-refractivity contribution in [3.63, 3.8) is 0 Å². The second-order valence-corrected chi connectivity index (χ2v) is 7.95. The molecule has 3 aromatic heterocycles. The van der Waals surface area contributed by atoms with Gasteiger partial charge in [-0.15, -0.1) is 0 Å². The lowest BCUT2D eigenvalue weighted by Gasteiger charge is -2.40. The number of carboxylic acid groups (broad SMARTS) is 1. The highest BCUT2D eigenvalue weighted by Crippen LogP contribution is 2.39. The van der Waals surface area contributed by atoms with Gasteiger partial charge in [-0.2, -0.15) is 26.3 Å². The van der Waals surface area contributed by atoms with Crippen molar-refractivity contribution in [1.82, 2.24) is 19.9 Å². The van der Waals surface area contributed by atoms with Crippen LogP contribution in [0.15, 0.2) is 67.1 Å². The van der Waals surface area contributed by atoms with Gasteiger partial charge in [0.1, 0.15) is 5.82 Å². The molecule has 4 aromatic rings. The van der Waals surface area contributed by atoms with Crippen molar-refractivity contribution >= 4 is 22.7 Å². The maximum Gasteiger partial charge on any atom is 0.490 e. The molecule has 5 rings (SSSR count). The average Bonchev–Trinajstić information content (AvgIpc) is 2.83. The Morgan fingerprint density at radius 2 is 1.54 bits per heavy atom. The molecule has 1 aliphatic heterocycles. The molecule has 0 atom stereocenters. The Labute approximate surface area is 205 Å². The molecule has 0 saturated carbocycles. The van der Waals surface area contributed by atoms with Crippen molar-refractivity contribution in [3.05, 3.63) is 78.5 Å². The number of carbonyl (C=O) groups is 1. The molecule has 0 amide bonds. The summed E-state index contributed by atoms with van der Waals surface area (Å²) in [5.41, 5.74) is 0.695. The van der Waals surface area contributed by atoms with Crippen LogP contribution in [0.5, 0.6) is 0 Å². The lowest BCUT2D eigenvalue weighted by atomic mass is 9.92. The minimum atomic E-state index is -5.08. The van der Waals surface area contributed by atoms with Crippen LogP contribution >= 0.6 is 0 Å². The standard InChI is InChI=1S/C22H16F3N5.C2HF3O2/c23-22(24,25)21-16(5-3-9-28-21)20-19(26-10-11-27-20)15-12-30(13-15)18-8-7-14-4-1-2-6-17(14)29-18;3-2(4,5)1(6)7/h1-11,15H,12-13H2;(H,6,7). The van der Waals surface area contributed by atoms with Crippen LogP contribution in [0, 0.1) is 0 Å². The maximum atomic E-state index is 13.4. The Morgan fingerprint density at radius 3 is 2.22 bits per heavy atom. The second-order valence-electron chi connectivity index (χ2n) is 7.95. The number of aromatic nitrogens is 4. The average molecular weight is 521 g/mol. The molecule has 1 fully saturated rings. The number of benzene rings is 1. The van der Waals surface area contributed by atoms with Crippen molar-refractivity contribution in [1.29, 1.82) is 0 Å². The smallest absolute Gasteiger partial charge is 0.475 e. The number of nitrogens with zero attached hydrogens (tertiary/aromatic N) is 5. The van der Waals surface area contributed by atoms with E-state index in [9.17, 15) is 26.3 Å². The van der Waals surface area contributed by atoms with Gasteiger partial charge in [-0.1, -0.05) is 18.2 Å². The number of alkyl halides is 6. The molecule has 37 heavy (non-hydrogen) atoms. The van der Waals surface area contributed by atoms with Crippen LogP contribution in [-0.4, -0.2) is 50.3 Å². The number of hydrogen-bond donors (Lipinski definition) is 1. The first-order valence-electron chi connectivity index (χ1n) is 10.7. The Bertz CT molecular complexity index is 1420. The summed E-state index contributed by atoms with van der Waals surface area (Å²) in [4.78, 5) is 27.8. The number of aliphatic carboxylic acids is 1. The first-order valence-corrected chi connectivity index (χ1v) is 10.7. The molecule has 1 saturated heterocycles. The molecule has 13 heteroatoms. The first-order chi connectivity index (χ1) is 17.4. The van der Waals surface area contributed by atoms with E-state index >= 15 is 0 Å². The van der Waals surface area contributed by atoms with Gasteiger partial charge in [0.25, 0.3) is 0 Å². The zero-order valence-corrected chi connectivity index (χ0v) is 18.7. The maximum absolute atomic E-state index is 13.4. The molecule has 0 bridgehead atoms. The van der Waals surface area contributed by atoms with E-state index in [1.807, 2.05) is 36.4 Å². The summed E-state index contributed by atoms with van der Waals surface area (Å²) in [6.45, 7) is 1.22. The Hall–Kier alpha value is -4.29. The Balaban J connectivity index is 0.000000405. The highest BCUT2D eigenvalue weighted by molar-refractivity contribution is 5.80. The summed E-state index contributed by atoms with van der Waals surface area (Å²) < 4.78 is 72.1. The van der Waals surface area contributed by atoms with Gasteiger partial charge < -0.3 is 10.0 Å². The third kappa shape index (κ3) is 5.76. The molecule has 0 aliphatic carbocycles. The second kappa shape index (κ2) is 9.99. The monoisotopic (exact) mass is 521 g/mol. The predicted molar refractivity (Wildman–Crippen MR) is 121 cm³/mol. The topological polar surface area (TPSA) is 92.1 Å². The molecule has 0 radical (unpaired) electrons. The predicted octanol–water partition coefficient (Wildman–Crippen LogP) is 5.34. The van der Waals surface area contributed by atoms with E-state index in [4.69, 9.17) is 9.90 Å². The summed E-state index contributed by atoms with van der Waals surface area (Å²) in [7, 11) is 0. The van der Waals surface area contributed by atoms with Crippen LogP contribution in [0.3, 0.4) is 0 Å². The molecule has 1 aromatic carbocycles. The van der Waals surface area contributed by atoms with Crippen molar-refractivity contribution in [2.45, 2.75) is 18.3 Å². The Kier molecular flexibility index (Phi) is 6.96. The summed E-state index contributed by atoms with van der Waals surface area (Å²) >= 11 is 0. The number of carboxylic acids is 1. The summed E-state index contributed by atoms with van der Waals surface area (Å²) in [6, 6.07) is 14.7. The number of rotatable bonds is 3. The SMILES string of the molecule is FC(F)(F)c1ncccc1-c1nccnc1C1CN(c2ccc3ccccc3n2)C1.O=C(O)C(F)(F)F. The van der Waals surface area contributed by atoms with Crippen molar-refractivity contribution in [2.75, 3.05) is 18.0 Å². The third-order valence-electron chi connectivity index (χ3n) is 5.48. The minimum absolute atomic E-state index is 0.0386. The fraction of sp³-hybridized carbons (Fsp3) is 0.208. The van der Waals surface area contributed by atoms with E-state index in [2.05, 4.69) is 24.8 Å². The molecule has 192 valence electrons. The quantitative estimate of drug-likeness (QED) is 0.364. The lowest BCUT2D eigenvalue weighted by molar-refractivity contribution is -0.192. The molecule has 0 unspecified atom stereocenters. The van der Waals surface area contributed by atoms with E-state index in [0.717, 1.165) is 22.9 Å². The van der Waals surface area contributed by atoms with Crippen molar-refractivity contribution < 1.29 is 36.2 Å². The molecule has 0 spiro atoms. The summed E-state index contributed by atoms with van der Waals surface area (Å²) in [5, 5.41) is 8.19. The lowest BCUT2D eigenvalue weighted by Crippen LogP contribution is -2.46. The van der Waals surface area contributed by atoms with E-state index in [1.165, 1.54) is 24.5 Å². The van der Waals surface area contributed by atoms with Crippen LogP contribution in [0.2, 0.25) is 0 Å². The molecule has 1 aliphatic rings. The van der Waals surface area contributed by atoms with E-state index < -0.39 is 24.0 Å². The first kappa shape index (κ1) is 25.8. The van der Waals surface area contributed by atoms with Gasteiger partial charge in [0.15, 0.2) is 5.69 Å². The number of anilines is 1. The molecule has 1 N–H and O–H groups in total. The zero-order chi connectivity index (χ0) is 26.8. The number of halogens is 6. The number of fused-ring (bicyclic) bond motifs is 1. The van der Waals surface area contributed by atoms with Crippen LogP contribution in [0.25, 0.3) is 22.2 Å². The van der Waals surface area contributed by atoms with Crippen molar-refractivity contribution in [3.8, 4) is 11.3 Å². The van der Waals surface area contributed by atoms with Gasteiger partial charge in [0.05, 0.1) is 16.9 Å². The van der Waals surface area contributed by atoms with Gasteiger partial charge >= 0.3 is 18.3 Å². The van der Waals surface area contributed by atoms with Crippen LogP contribution in [0.1, 0.15) is 17.3 Å². The zero-order valence-electron chi connectivity index (χ0n) is 18.7. The van der Waals surface area contributed by atoms with E-state index in [0.29, 0.717) is 18.8 Å². The van der Waals surface area contributed by atoms with E-state index in [1.54, 1.807) is 0 Å². The van der Waals surface area contributed by atoms with Gasteiger partial charge in [-0.25, -0.2) is 9.78 Å². The fourth-order valence-corrected chi connectivity index (χ4v) is 3.75. The van der Waals surface area contributed by atoms with Crippen LogP contribution < -0.4 is 4.90 Å². The summed E-state index contributed by atoms with van der Waals surface area (Å²) in [5.74, 6) is -1.96. The minimum Gasteiger partial charge on any atom is -0.475 e. The number of para-hydroxylation sites is 1. The molecule has 4 heterocycles. The Morgan fingerprint density at radius 1 is 0.865 bits per heavy atom. The third-order valence-corrected chi connectivity index (χ3v) is 5.48. The highest BCUT2D eigenvalue weighted by atomic mass is 19.4. The normalized spacial score (nSPS) is 14.1. The van der Waals surface area contributed by atoms with Gasteiger partial charge in [-0.3, -0.25) is 15.0 Å². The molecular weight excluding hydrogens is 504 g/mol. The van der Waals surface area contributed by atoms with E-state index in [-0.39, 0.29) is 17.2 Å². The van der Waals surface area contributed by atoms with Gasteiger partial charge in [0, 0.05) is 48.5 Å². The number of pyridine rings is 2. The van der Waals surface area contributed by atoms with Gasteiger partial charge in [-0.05, 0) is 30.3 Å². The van der Waals surface area contributed by atoms with Gasteiger partial charge in [0.2, 0.25) is 0 Å². The van der Waals surface area contributed by atoms with Crippen LogP contribution in [-0.2, 0) is 11.0 Å². The fourth-order valence-electron chi connectivity index (χ4n) is 3.75. The molecular formula is C24H17F6N5O2. The summed E-state index contributed by atoms with van der Waals surface area (Å²) in [6.07, 6.45) is -5.59. The highest BCUT2D eigenvalue weighted by Gasteiger charge is 2.39.